The summed E-state index contributed by atoms with van der Waals surface area (Å²) in [6.45, 7) is 3.58. The highest BCUT2D eigenvalue weighted by Gasteiger charge is 2.41. The molecule has 3 aromatic rings. The van der Waals surface area contributed by atoms with E-state index in [1.165, 1.54) is 42.7 Å². The van der Waals surface area contributed by atoms with Crippen molar-refractivity contribution in [3.63, 3.8) is 0 Å². The molecule has 1 aromatic heterocycles. The molecule has 0 aliphatic carbocycles. The number of carboxylic acid groups (broad SMARTS) is 1. The molecule has 0 unspecified atom stereocenters. The normalized spacial score (nSPS) is 12.1. The fraction of sp³-hybridized carbons (Fsp3) is 0.160. The Hall–Kier alpha value is -4.93. The van der Waals surface area contributed by atoms with Crippen LogP contribution in [0.3, 0.4) is 0 Å². The molecule has 0 saturated heterocycles. The van der Waals surface area contributed by atoms with Crippen LogP contribution in [0, 0.1) is 13.8 Å². The van der Waals surface area contributed by atoms with Crippen LogP contribution in [0.1, 0.15) is 42.4 Å². The molecule has 186 valence electrons. The van der Waals surface area contributed by atoms with Crippen molar-refractivity contribution in [1.29, 1.82) is 0 Å². The zero-order chi connectivity index (χ0) is 26.2. The minimum Gasteiger partial charge on any atom is -0.478 e. The van der Waals surface area contributed by atoms with Gasteiger partial charge in [0, 0.05) is 0 Å². The number of aryl methyl sites for hydroxylation is 2. The van der Waals surface area contributed by atoms with Gasteiger partial charge >= 0.3 is 23.8 Å². The van der Waals surface area contributed by atoms with Crippen molar-refractivity contribution in [3.8, 4) is 0 Å². The number of ether oxygens (including phenoxy) is 2. The number of furan rings is 1. The quantitative estimate of drug-likeness (QED) is 0.315. The first-order valence-corrected chi connectivity index (χ1v) is 10.6. The number of rotatable bonds is 8. The maximum Gasteiger partial charge on any atom is 0.349 e. The zero-order valence-corrected chi connectivity index (χ0v) is 19.2. The topological polar surface area (TPSA) is 161 Å². The van der Waals surface area contributed by atoms with Crippen molar-refractivity contribution in [2.75, 3.05) is 0 Å². The average Bonchev–Trinajstić information content (AvgIpc) is 3.40. The molecule has 3 rings (SSSR count). The van der Waals surface area contributed by atoms with Crippen molar-refractivity contribution in [2.45, 2.75) is 26.1 Å². The lowest BCUT2D eigenvalue weighted by Crippen LogP contribution is -2.54. The Morgan fingerprint density at radius 1 is 0.750 bits per heavy atom. The van der Waals surface area contributed by atoms with Crippen LogP contribution in [0.15, 0.2) is 71.3 Å². The van der Waals surface area contributed by atoms with Gasteiger partial charge in [0.15, 0.2) is 5.76 Å². The molecule has 2 atom stereocenters. The van der Waals surface area contributed by atoms with E-state index in [0.717, 1.165) is 11.1 Å². The lowest BCUT2D eigenvalue weighted by molar-refractivity contribution is -0.159. The number of amides is 2. The minimum absolute atomic E-state index is 0.0157. The first-order chi connectivity index (χ1) is 17.2. The van der Waals surface area contributed by atoms with E-state index in [2.05, 4.69) is 0 Å². The molecule has 2 amide bonds. The van der Waals surface area contributed by atoms with E-state index in [1.54, 1.807) is 38.1 Å². The smallest absolute Gasteiger partial charge is 0.349 e. The van der Waals surface area contributed by atoms with Gasteiger partial charge in [-0.1, -0.05) is 35.4 Å². The summed E-state index contributed by atoms with van der Waals surface area (Å²) >= 11 is 0. The second kappa shape index (κ2) is 11.5. The fourth-order valence-electron chi connectivity index (χ4n) is 2.90. The minimum atomic E-state index is -2.24. The lowest BCUT2D eigenvalue weighted by Gasteiger charge is -2.23. The number of hydrogen-bond acceptors (Lipinski definition) is 8. The van der Waals surface area contributed by atoms with E-state index in [-0.39, 0.29) is 16.9 Å². The van der Waals surface area contributed by atoms with Crippen molar-refractivity contribution < 1.29 is 43.0 Å². The molecule has 11 nitrogen and oxygen atoms in total. The van der Waals surface area contributed by atoms with Gasteiger partial charge in [-0.2, -0.15) is 0 Å². The predicted octanol–water partition coefficient (Wildman–Crippen LogP) is 2.19. The van der Waals surface area contributed by atoms with Crippen LogP contribution >= 0.6 is 0 Å². The second-order valence-electron chi connectivity index (χ2n) is 7.64. The van der Waals surface area contributed by atoms with Gasteiger partial charge in [-0.25, -0.2) is 14.4 Å². The monoisotopic (exact) mass is 494 g/mol. The van der Waals surface area contributed by atoms with Gasteiger partial charge in [-0.3, -0.25) is 20.4 Å². The van der Waals surface area contributed by atoms with Gasteiger partial charge in [-0.05, 0) is 50.2 Å². The summed E-state index contributed by atoms with van der Waals surface area (Å²) in [5, 5.41) is 9.73. The average molecular weight is 494 g/mol. The summed E-state index contributed by atoms with van der Waals surface area (Å²) in [5.74, 6) is -6.15. The highest BCUT2D eigenvalue weighted by atomic mass is 16.6. The number of aliphatic carboxylic acids is 1. The van der Waals surface area contributed by atoms with Crippen molar-refractivity contribution in [2.24, 2.45) is 0 Å². The second-order valence-corrected chi connectivity index (χ2v) is 7.64. The van der Waals surface area contributed by atoms with Crippen molar-refractivity contribution in [3.05, 3.63) is 94.9 Å². The Morgan fingerprint density at radius 3 is 1.69 bits per heavy atom. The number of hydrogen-bond donors (Lipinski definition) is 3. The molecule has 2 aromatic carbocycles. The number of carbonyl (C=O) groups is 5. The molecule has 0 aliphatic rings. The molecule has 0 bridgehead atoms. The Balaban J connectivity index is 1.83. The first-order valence-electron chi connectivity index (χ1n) is 10.6. The Labute approximate surface area is 205 Å². The molecular formula is C25H22N2O9. The third kappa shape index (κ3) is 6.56. The number of hydrazine groups is 1. The Bertz CT molecular complexity index is 1250. The summed E-state index contributed by atoms with van der Waals surface area (Å²) in [4.78, 5) is 62.2. The number of nitrogens with one attached hydrogen (secondary N) is 2. The predicted molar refractivity (Wildman–Crippen MR) is 123 cm³/mol. The number of esters is 2. The maximum atomic E-state index is 12.9. The zero-order valence-electron chi connectivity index (χ0n) is 19.2. The van der Waals surface area contributed by atoms with E-state index in [1.807, 2.05) is 10.9 Å². The van der Waals surface area contributed by atoms with E-state index in [4.69, 9.17) is 13.9 Å². The molecule has 11 heteroatoms. The van der Waals surface area contributed by atoms with Crippen LogP contribution in [-0.2, 0) is 19.1 Å². The SMILES string of the molecule is Cc1ccc(C(=O)O[C@H](C(=O)NNC(=O)c2ccco2)[C@@H](OC(=O)c2ccc(C)cc2)C(=O)O)cc1. The first kappa shape index (κ1) is 25.7. The number of benzene rings is 2. The summed E-state index contributed by atoms with van der Waals surface area (Å²) in [6, 6.07) is 14.9. The third-order valence-electron chi connectivity index (χ3n) is 4.86. The molecule has 3 N–H and O–H groups in total. The van der Waals surface area contributed by atoms with Crippen LogP contribution in [0.4, 0.5) is 0 Å². The highest BCUT2D eigenvalue weighted by Crippen LogP contribution is 2.14. The Kier molecular flexibility index (Phi) is 8.18. The van der Waals surface area contributed by atoms with Crippen molar-refractivity contribution >= 4 is 29.7 Å². The third-order valence-corrected chi connectivity index (χ3v) is 4.86. The summed E-state index contributed by atoms with van der Waals surface area (Å²) in [7, 11) is 0. The summed E-state index contributed by atoms with van der Waals surface area (Å²) in [6.07, 6.45) is -3.18. The van der Waals surface area contributed by atoms with Crippen molar-refractivity contribution in [1.82, 2.24) is 10.9 Å². The van der Waals surface area contributed by atoms with Gasteiger partial charge in [-0.15, -0.1) is 0 Å². The van der Waals surface area contributed by atoms with E-state index in [9.17, 15) is 29.1 Å². The number of carboxylic acids is 1. The van der Waals surface area contributed by atoms with Gasteiger partial charge in [0.1, 0.15) is 0 Å². The van der Waals surface area contributed by atoms with Gasteiger partial charge in [0.05, 0.1) is 17.4 Å². The molecular weight excluding hydrogens is 472 g/mol. The van der Waals surface area contributed by atoms with Gasteiger partial charge in [0.25, 0.3) is 5.91 Å². The fourth-order valence-corrected chi connectivity index (χ4v) is 2.90. The molecule has 0 fully saturated rings. The van der Waals surface area contributed by atoms with Gasteiger partial charge in [0.2, 0.25) is 12.2 Å². The molecule has 0 spiro atoms. The van der Waals surface area contributed by atoms with Crippen LogP contribution in [-0.4, -0.2) is 47.0 Å². The van der Waals surface area contributed by atoms with E-state index in [0.29, 0.717) is 0 Å². The Morgan fingerprint density at radius 2 is 1.25 bits per heavy atom. The van der Waals surface area contributed by atoms with Gasteiger partial charge < -0.3 is 19.0 Å². The maximum absolute atomic E-state index is 12.9. The van der Waals surface area contributed by atoms with Crippen LogP contribution in [0.5, 0.6) is 0 Å². The molecule has 0 aliphatic heterocycles. The summed E-state index contributed by atoms with van der Waals surface area (Å²) in [5.41, 5.74) is 5.70. The van der Waals surface area contributed by atoms with E-state index >= 15 is 0 Å². The number of carbonyl (C=O) groups excluding carboxylic acids is 4. The lowest BCUT2D eigenvalue weighted by atomic mass is 10.1. The van der Waals surface area contributed by atoms with Crippen LogP contribution in [0.25, 0.3) is 0 Å². The summed E-state index contributed by atoms with van der Waals surface area (Å²) < 4.78 is 15.1. The molecule has 0 radical (unpaired) electrons. The highest BCUT2D eigenvalue weighted by molar-refractivity contribution is 5.98. The van der Waals surface area contributed by atoms with Crippen LogP contribution < -0.4 is 10.9 Å². The molecule has 0 saturated carbocycles. The largest absolute Gasteiger partial charge is 0.478 e. The van der Waals surface area contributed by atoms with Crippen LogP contribution in [0.2, 0.25) is 0 Å². The molecule has 36 heavy (non-hydrogen) atoms. The molecule has 1 heterocycles. The van der Waals surface area contributed by atoms with E-state index < -0.39 is 41.9 Å². The standard InChI is InChI=1S/C25H22N2O9/c1-14-5-9-16(10-6-14)24(32)35-19(22(29)27-26-21(28)18-4-3-13-34-18)20(23(30)31)36-25(33)17-11-7-15(2)8-12-17/h3-13,19-20H,1-2H3,(H,26,28)(H,27,29)(H,30,31)/t19-,20+/m0/s1.